The van der Waals surface area contributed by atoms with E-state index in [0.717, 1.165) is 0 Å². The molecule has 0 bridgehead atoms. The summed E-state index contributed by atoms with van der Waals surface area (Å²) in [5, 5.41) is 0. The molecule has 14 heavy (non-hydrogen) atoms. The second-order valence-corrected chi connectivity index (χ2v) is 4.75. The highest BCUT2D eigenvalue weighted by molar-refractivity contribution is 5.67. The van der Waals surface area contributed by atoms with Crippen LogP contribution in [-0.2, 0) is 0 Å². The maximum absolute atomic E-state index is 2.56. The minimum absolute atomic E-state index is 0.642. The van der Waals surface area contributed by atoms with Crippen molar-refractivity contribution in [3.63, 3.8) is 0 Å². The third kappa shape index (κ3) is 1.39. The van der Waals surface area contributed by atoms with E-state index in [-0.39, 0.29) is 0 Å². The van der Waals surface area contributed by atoms with E-state index in [1.807, 2.05) is 0 Å². The van der Waals surface area contributed by atoms with Gasteiger partial charge in [-0.2, -0.15) is 0 Å². The van der Waals surface area contributed by atoms with Gasteiger partial charge in [0.05, 0.1) is 0 Å². The van der Waals surface area contributed by atoms with Crippen LogP contribution in [0.1, 0.15) is 37.7 Å². The molecule has 2 aliphatic carbocycles. The molecule has 0 aliphatic heterocycles. The van der Waals surface area contributed by atoms with E-state index in [0.29, 0.717) is 5.41 Å². The summed E-state index contributed by atoms with van der Waals surface area (Å²) in [6.45, 7) is 0. The Kier molecular flexibility index (Phi) is 1.76. The van der Waals surface area contributed by atoms with Crippen molar-refractivity contribution in [2.75, 3.05) is 0 Å². The molecule has 0 radical (unpaired) electrons. The molecule has 3 rings (SSSR count). The first-order valence-electron chi connectivity index (χ1n) is 5.65. The van der Waals surface area contributed by atoms with Gasteiger partial charge in [0.15, 0.2) is 0 Å². The van der Waals surface area contributed by atoms with Crippen LogP contribution in [0.5, 0.6) is 0 Å². The fourth-order valence-corrected chi connectivity index (χ4v) is 2.58. The number of hydrogen-bond acceptors (Lipinski definition) is 0. The highest BCUT2D eigenvalue weighted by Gasteiger charge is 2.41. The molecule has 1 fully saturated rings. The molecule has 1 aromatic carbocycles. The molecule has 0 aromatic heterocycles. The van der Waals surface area contributed by atoms with E-state index < -0.39 is 0 Å². The minimum atomic E-state index is 0.642. The molecule has 1 saturated carbocycles. The standard InChI is InChI=1S/C14H16/c1-2-5-12(6-3-1)13-7-4-8-14(11-13)9-10-14/h1-3,5-6,11H,4,7-10H2. The molecule has 0 N–H and O–H groups in total. The van der Waals surface area contributed by atoms with Crippen molar-refractivity contribution in [3.05, 3.63) is 42.0 Å². The maximum atomic E-state index is 2.56. The van der Waals surface area contributed by atoms with E-state index in [2.05, 4.69) is 36.4 Å². The number of allylic oxidation sites excluding steroid dienone is 2. The molecule has 0 unspecified atom stereocenters. The fourth-order valence-electron chi connectivity index (χ4n) is 2.58. The summed E-state index contributed by atoms with van der Waals surface area (Å²) >= 11 is 0. The maximum Gasteiger partial charge on any atom is -0.0111 e. The summed E-state index contributed by atoms with van der Waals surface area (Å²) < 4.78 is 0. The Bertz CT molecular complexity index is 355. The lowest BCUT2D eigenvalue weighted by Crippen LogP contribution is -2.03. The molecule has 1 aromatic rings. The van der Waals surface area contributed by atoms with Gasteiger partial charge in [-0.1, -0.05) is 36.4 Å². The second kappa shape index (κ2) is 2.98. The summed E-state index contributed by atoms with van der Waals surface area (Å²) in [6.07, 6.45) is 9.54. The lowest BCUT2D eigenvalue weighted by Gasteiger charge is -2.20. The Morgan fingerprint density at radius 2 is 1.71 bits per heavy atom. The van der Waals surface area contributed by atoms with Crippen LogP contribution in [0.3, 0.4) is 0 Å². The van der Waals surface area contributed by atoms with Gasteiger partial charge in [0.1, 0.15) is 0 Å². The van der Waals surface area contributed by atoms with E-state index in [1.54, 1.807) is 5.57 Å². The van der Waals surface area contributed by atoms with Crippen LogP contribution in [0.2, 0.25) is 0 Å². The summed E-state index contributed by atoms with van der Waals surface area (Å²) in [6, 6.07) is 10.9. The van der Waals surface area contributed by atoms with Crippen LogP contribution in [-0.4, -0.2) is 0 Å². The molecule has 0 heteroatoms. The number of rotatable bonds is 1. The van der Waals surface area contributed by atoms with Crippen molar-refractivity contribution in [2.45, 2.75) is 32.1 Å². The van der Waals surface area contributed by atoms with E-state index in [9.17, 15) is 0 Å². The Morgan fingerprint density at radius 3 is 2.43 bits per heavy atom. The average Bonchev–Trinajstić information content (AvgIpc) is 2.99. The van der Waals surface area contributed by atoms with Crippen molar-refractivity contribution in [1.82, 2.24) is 0 Å². The minimum Gasteiger partial charge on any atom is -0.0745 e. The first-order chi connectivity index (χ1) is 6.88. The summed E-state index contributed by atoms with van der Waals surface area (Å²) in [7, 11) is 0. The average molecular weight is 184 g/mol. The molecule has 0 nitrogen and oxygen atoms in total. The van der Waals surface area contributed by atoms with Gasteiger partial charge < -0.3 is 0 Å². The topological polar surface area (TPSA) is 0 Å². The Labute approximate surface area is 85.6 Å². The van der Waals surface area contributed by atoms with Gasteiger partial charge in [0, 0.05) is 0 Å². The van der Waals surface area contributed by atoms with Gasteiger partial charge in [-0.3, -0.25) is 0 Å². The first-order valence-corrected chi connectivity index (χ1v) is 5.65. The summed E-state index contributed by atoms with van der Waals surface area (Å²) in [5.41, 5.74) is 3.68. The van der Waals surface area contributed by atoms with Crippen LogP contribution in [0.15, 0.2) is 36.4 Å². The van der Waals surface area contributed by atoms with Crippen LogP contribution in [0, 0.1) is 5.41 Å². The van der Waals surface area contributed by atoms with Crippen LogP contribution in [0.25, 0.3) is 5.57 Å². The smallest absolute Gasteiger partial charge is 0.0111 e. The first kappa shape index (κ1) is 8.28. The SMILES string of the molecule is C1=C(c2ccccc2)CCCC12CC2. The van der Waals surface area contributed by atoms with E-state index >= 15 is 0 Å². The third-order valence-electron chi connectivity index (χ3n) is 3.64. The predicted molar refractivity (Wildman–Crippen MR) is 59.9 cm³/mol. The Morgan fingerprint density at radius 1 is 0.929 bits per heavy atom. The molecular formula is C14H16. The van der Waals surface area contributed by atoms with Gasteiger partial charge in [-0.25, -0.2) is 0 Å². The van der Waals surface area contributed by atoms with Crippen molar-refractivity contribution in [3.8, 4) is 0 Å². The summed E-state index contributed by atoms with van der Waals surface area (Å²) in [5.74, 6) is 0. The van der Waals surface area contributed by atoms with Gasteiger partial charge >= 0.3 is 0 Å². The third-order valence-corrected chi connectivity index (χ3v) is 3.64. The lowest BCUT2D eigenvalue weighted by atomic mass is 9.85. The molecule has 1 spiro atoms. The Balaban J connectivity index is 1.95. The zero-order valence-corrected chi connectivity index (χ0v) is 8.50. The van der Waals surface area contributed by atoms with Gasteiger partial charge in [-0.15, -0.1) is 0 Å². The lowest BCUT2D eigenvalue weighted by molar-refractivity contribution is 0.537. The second-order valence-electron chi connectivity index (χ2n) is 4.75. The zero-order valence-electron chi connectivity index (χ0n) is 8.50. The number of hydrogen-bond donors (Lipinski definition) is 0. The van der Waals surface area contributed by atoms with Gasteiger partial charge in [-0.05, 0) is 48.7 Å². The molecule has 0 saturated heterocycles. The van der Waals surface area contributed by atoms with Crippen molar-refractivity contribution < 1.29 is 0 Å². The zero-order chi connectivity index (χ0) is 9.43. The van der Waals surface area contributed by atoms with Gasteiger partial charge in [0.25, 0.3) is 0 Å². The van der Waals surface area contributed by atoms with Crippen molar-refractivity contribution >= 4 is 5.57 Å². The van der Waals surface area contributed by atoms with Crippen LogP contribution in [0.4, 0.5) is 0 Å². The highest BCUT2D eigenvalue weighted by Crippen LogP contribution is 2.55. The number of benzene rings is 1. The largest absolute Gasteiger partial charge is 0.0745 e. The van der Waals surface area contributed by atoms with Crippen molar-refractivity contribution in [2.24, 2.45) is 5.41 Å². The predicted octanol–water partition coefficient (Wildman–Crippen LogP) is 4.03. The molecular weight excluding hydrogens is 168 g/mol. The fraction of sp³-hybridized carbons (Fsp3) is 0.429. The van der Waals surface area contributed by atoms with Crippen LogP contribution < -0.4 is 0 Å². The Hall–Kier alpha value is -1.04. The van der Waals surface area contributed by atoms with E-state index in [1.165, 1.54) is 37.7 Å². The monoisotopic (exact) mass is 184 g/mol. The molecule has 2 aliphatic rings. The molecule has 0 atom stereocenters. The van der Waals surface area contributed by atoms with Gasteiger partial charge in [0.2, 0.25) is 0 Å². The molecule has 0 heterocycles. The highest BCUT2D eigenvalue weighted by atomic mass is 14.5. The normalized spacial score (nSPS) is 23.3. The molecule has 0 amide bonds. The molecule has 72 valence electrons. The van der Waals surface area contributed by atoms with E-state index in [4.69, 9.17) is 0 Å². The quantitative estimate of drug-likeness (QED) is 0.618. The van der Waals surface area contributed by atoms with Crippen molar-refractivity contribution in [1.29, 1.82) is 0 Å². The summed E-state index contributed by atoms with van der Waals surface area (Å²) in [4.78, 5) is 0. The van der Waals surface area contributed by atoms with Crippen LogP contribution >= 0.6 is 0 Å².